The lowest BCUT2D eigenvalue weighted by atomic mass is 9.91. The summed E-state index contributed by atoms with van der Waals surface area (Å²) in [6.45, 7) is 3.17. The van der Waals surface area contributed by atoms with Crippen LogP contribution in [-0.2, 0) is 4.79 Å². The number of amides is 1. The van der Waals surface area contributed by atoms with E-state index in [1.165, 1.54) is 0 Å². The second-order valence-corrected chi connectivity index (χ2v) is 9.15. The van der Waals surface area contributed by atoms with Gasteiger partial charge in [0.2, 0.25) is 0 Å². The molecular weight excluding hydrogens is 459 g/mol. The molecule has 2 aromatic carbocycles. The minimum absolute atomic E-state index is 0.205. The highest BCUT2D eigenvalue weighted by atomic mass is 35.5. The summed E-state index contributed by atoms with van der Waals surface area (Å²) in [6, 6.07) is 12.5. The third kappa shape index (κ3) is 4.83. The summed E-state index contributed by atoms with van der Waals surface area (Å²) in [5.41, 5.74) is 4.99. The van der Waals surface area contributed by atoms with Crippen molar-refractivity contribution < 1.29 is 9.90 Å². The first-order valence-electron chi connectivity index (χ1n) is 10.2. The van der Waals surface area contributed by atoms with E-state index >= 15 is 0 Å². The maximum absolute atomic E-state index is 13.1. The number of halogens is 3. The van der Waals surface area contributed by atoms with Crippen molar-refractivity contribution in [2.45, 2.75) is 31.9 Å². The number of nitrogens with zero attached hydrogens (tertiary/aromatic N) is 3. The van der Waals surface area contributed by atoms with Gasteiger partial charge in [-0.3, -0.25) is 15.2 Å². The van der Waals surface area contributed by atoms with E-state index in [-0.39, 0.29) is 24.0 Å². The summed E-state index contributed by atoms with van der Waals surface area (Å²) in [4.78, 5) is 13.1. The monoisotopic (exact) mass is 480 g/mol. The highest BCUT2D eigenvalue weighted by molar-refractivity contribution is 6.41. The van der Waals surface area contributed by atoms with E-state index in [9.17, 15) is 9.90 Å². The van der Waals surface area contributed by atoms with E-state index in [1.807, 2.05) is 36.2 Å². The molecule has 1 fully saturated rings. The van der Waals surface area contributed by atoms with Gasteiger partial charge in [0.05, 0.1) is 22.9 Å². The van der Waals surface area contributed by atoms with Crippen molar-refractivity contribution >= 4 is 52.1 Å². The summed E-state index contributed by atoms with van der Waals surface area (Å²) < 4.78 is 0. The van der Waals surface area contributed by atoms with Crippen LogP contribution < -0.4 is 10.4 Å². The maximum atomic E-state index is 13.1. The molecule has 6 nitrogen and oxygen atoms in total. The molecule has 2 aliphatic heterocycles. The van der Waals surface area contributed by atoms with E-state index in [0.29, 0.717) is 52.4 Å². The Hall–Kier alpha value is -1.83. The molecule has 0 unspecified atom stereocenters. The average molecular weight is 482 g/mol. The lowest BCUT2D eigenvalue weighted by molar-refractivity contribution is -0.120. The fourth-order valence-electron chi connectivity index (χ4n) is 4.02. The molecular formula is C22H23Cl3N4O2. The Morgan fingerprint density at radius 3 is 2.35 bits per heavy atom. The molecule has 4 rings (SSSR count). The van der Waals surface area contributed by atoms with Crippen molar-refractivity contribution in [1.82, 2.24) is 10.4 Å². The molecule has 2 aliphatic rings. The fraction of sp³-hybridized carbons (Fsp3) is 0.364. The molecule has 2 heterocycles. The normalized spacial score (nSPS) is 22.5. The Bertz CT molecular complexity index is 991. The van der Waals surface area contributed by atoms with Crippen molar-refractivity contribution in [3.63, 3.8) is 0 Å². The van der Waals surface area contributed by atoms with Crippen molar-refractivity contribution in [1.29, 1.82) is 0 Å². The lowest BCUT2D eigenvalue weighted by Crippen LogP contribution is -2.50. The van der Waals surface area contributed by atoms with Gasteiger partial charge >= 0.3 is 0 Å². The number of rotatable bonds is 4. The van der Waals surface area contributed by atoms with Crippen LogP contribution in [0.25, 0.3) is 0 Å². The molecule has 1 amide bonds. The highest BCUT2D eigenvalue weighted by Crippen LogP contribution is 2.42. The number of benzene rings is 2. The number of carbonyl (C=O) groups excluding carboxylic acids is 1. The zero-order valence-corrected chi connectivity index (χ0v) is 19.2. The second-order valence-electron chi connectivity index (χ2n) is 7.87. The smallest absolute Gasteiger partial charge is 0.282 e. The first kappa shape index (κ1) is 22.4. The van der Waals surface area contributed by atoms with E-state index < -0.39 is 0 Å². The van der Waals surface area contributed by atoms with Gasteiger partial charge in [0.25, 0.3) is 5.91 Å². The van der Waals surface area contributed by atoms with Crippen LogP contribution in [0.5, 0.6) is 0 Å². The minimum atomic E-state index is -0.312. The van der Waals surface area contributed by atoms with Crippen molar-refractivity contribution in [2.75, 3.05) is 18.1 Å². The van der Waals surface area contributed by atoms with Crippen molar-refractivity contribution in [3.05, 3.63) is 63.1 Å². The van der Waals surface area contributed by atoms with E-state index in [2.05, 4.69) is 5.43 Å². The SMILES string of the molecule is C[C@H]1C(C(=O)NN2CCC(O)CC2)=NN(c2ccc(Cl)cc2Cl)[C@H]1c1ccc(Cl)cc1. The summed E-state index contributed by atoms with van der Waals surface area (Å²) in [6.07, 6.45) is 0.942. The number of carbonyl (C=O) groups is 1. The minimum Gasteiger partial charge on any atom is -0.393 e. The third-order valence-electron chi connectivity index (χ3n) is 5.71. The number of anilines is 1. The zero-order valence-electron chi connectivity index (χ0n) is 16.9. The number of piperidine rings is 1. The predicted molar refractivity (Wildman–Crippen MR) is 125 cm³/mol. The average Bonchev–Trinajstić information content (AvgIpc) is 3.07. The molecule has 0 radical (unpaired) electrons. The number of nitrogens with one attached hydrogen (secondary N) is 1. The summed E-state index contributed by atoms with van der Waals surface area (Å²) >= 11 is 18.6. The summed E-state index contributed by atoms with van der Waals surface area (Å²) in [5.74, 6) is -0.459. The van der Waals surface area contributed by atoms with Gasteiger partial charge in [-0.2, -0.15) is 5.10 Å². The molecule has 31 heavy (non-hydrogen) atoms. The summed E-state index contributed by atoms with van der Waals surface area (Å²) in [5, 5.41) is 19.6. The van der Waals surface area contributed by atoms with Crippen LogP contribution in [0.2, 0.25) is 15.1 Å². The molecule has 164 valence electrons. The predicted octanol–water partition coefficient (Wildman–Crippen LogP) is 4.69. The van der Waals surface area contributed by atoms with Gasteiger partial charge in [-0.1, -0.05) is 53.9 Å². The third-order valence-corrected chi connectivity index (χ3v) is 6.50. The van der Waals surface area contributed by atoms with Gasteiger partial charge in [-0.05, 0) is 48.7 Å². The fourth-order valence-corrected chi connectivity index (χ4v) is 4.64. The Morgan fingerprint density at radius 1 is 1.06 bits per heavy atom. The second kappa shape index (κ2) is 9.35. The Kier molecular flexibility index (Phi) is 6.74. The van der Waals surface area contributed by atoms with E-state index in [0.717, 1.165) is 5.56 Å². The van der Waals surface area contributed by atoms with Crippen LogP contribution in [0.15, 0.2) is 47.6 Å². The van der Waals surface area contributed by atoms with Gasteiger partial charge in [0.15, 0.2) is 0 Å². The first-order chi connectivity index (χ1) is 14.8. The van der Waals surface area contributed by atoms with E-state index in [4.69, 9.17) is 39.9 Å². The van der Waals surface area contributed by atoms with Gasteiger partial charge in [0, 0.05) is 29.1 Å². The maximum Gasteiger partial charge on any atom is 0.282 e. The molecule has 2 aromatic rings. The molecule has 2 atom stereocenters. The van der Waals surface area contributed by atoms with Crippen molar-refractivity contribution in [2.24, 2.45) is 11.0 Å². The van der Waals surface area contributed by atoms with Crippen molar-refractivity contribution in [3.8, 4) is 0 Å². The van der Waals surface area contributed by atoms with Crippen LogP contribution >= 0.6 is 34.8 Å². The van der Waals surface area contributed by atoms with Gasteiger partial charge in [-0.15, -0.1) is 0 Å². The number of hydrazine groups is 1. The topological polar surface area (TPSA) is 68.2 Å². The Labute approximate surface area is 196 Å². The molecule has 1 saturated heterocycles. The van der Waals surface area contributed by atoms with Gasteiger partial charge in [0.1, 0.15) is 5.71 Å². The summed E-state index contributed by atoms with van der Waals surface area (Å²) in [7, 11) is 0. The van der Waals surface area contributed by atoms with Crippen LogP contribution in [0.1, 0.15) is 31.4 Å². The lowest BCUT2D eigenvalue weighted by Gasteiger charge is -2.30. The molecule has 0 saturated carbocycles. The molecule has 0 aromatic heterocycles. The number of aliphatic hydroxyl groups is 1. The van der Waals surface area contributed by atoms with Crippen LogP contribution in [-0.4, -0.2) is 40.9 Å². The molecule has 9 heteroatoms. The van der Waals surface area contributed by atoms with Crippen LogP contribution in [0.3, 0.4) is 0 Å². The largest absolute Gasteiger partial charge is 0.393 e. The number of hydrazone groups is 1. The van der Waals surface area contributed by atoms with E-state index in [1.54, 1.807) is 23.2 Å². The Balaban J connectivity index is 1.65. The number of aliphatic hydroxyl groups excluding tert-OH is 1. The van der Waals surface area contributed by atoms with Crippen LogP contribution in [0, 0.1) is 5.92 Å². The quantitative estimate of drug-likeness (QED) is 0.665. The van der Waals surface area contributed by atoms with Crippen LogP contribution in [0.4, 0.5) is 5.69 Å². The molecule has 0 aliphatic carbocycles. The number of hydrogen-bond donors (Lipinski definition) is 2. The Morgan fingerprint density at radius 2 is 1.71 bits per heavy atom. The first-order valence-corrected chi connectivity index (χ1v) is 11.3. The molecule has 0 spiro atoms. The van der Waals surface area contributed by atoms with Gasteiger partial charge < -0.3 is 5.11 Å². The number of hydrogen-bond acceptors (Lipinski definition) is 5. The van der Waals surface area contributed by atoms with Gasteiger partial charge in [-0.25, -0.2) is 5.01 Å². The molecule has 0 bridgehead atoms. The standard InChI is InChI=1S/C22H23Cl3N4O2/c1-13-20(22(31)27-28-10-8-17(30)9-11-28)26-29(19-7-6-16(24)12-18(19)25)21(13)14-2-4-15(23)5-3-14/h2-7,12-13,17,21,30H,8-11H2,1H3,(H,27,31)/t13-,21+/m0/s1. The zero-order chi connectivity index (χ0) is 22.1. The highest BCUT2D eigenvalue weighted by Gasteiger charge is 2.40. The molecule has 2 N–H and O–H groups in total.